The van der Waals surface area contributed by atoms with Gasteiger partial charge in [-0.3, -0.25) is 0 Å². The van der Waals surface area contributed by atoms with Crippen molar-refractivity contribution < 1.29 is 0 Å². The van der Waals surface area contributed by atoms with Gasteiger partial charge in [-0.05, 0) is 42.9 Å². The Morgan fingerprint density at radius 3 is 2.77 bits per heavy atom. The van der Waals surface area contributed by atoms with Crippen LogP contribution in [0.2, 0.25) is 0 Å². The van der Waals surface area contributed by atoms with Gasteiger partial charge in [-0.2, -0.15) is 0 Å². The maximum absolute atomic E-state index is 3.81. The zero-order valence-corrected chi connectivity index (χ0v) is 9.47. The predicted octanol–water partition coefficient (Wildman–Crippen LogP) is 4.42. The standard InChI is InChI=1S/C13H24/c1-5-6-8-12-9-7-10-13(12,4)11(2)3/h5,11-12H,1,6-10H2,2-4H3. The minimum atomic E-state index is 0.614. The molecule has 0 amide bonds. The Kier molecular flexibility index (Phi) is 3.58. The molecule has 0 N–H and O–H groups in total. The molecular weight excluding hydrogens is 156 g/mol. The van der Waals surface area contributed by atoms with Crippen molar-refractivity contribution in [2.45, 2.75) is 52.9 Å². The highest BCUT2D eigenvalue weighted by molar-refractivity contribution is 4.91. The molecule has 0 saturated heterocycles. The molecule has 1 saturated carbocycles. The second-order valence-corrected chi connectivity index (χ2v) is 5.12. The third kappa shape index (κ3) is 2.15. The summed E-state index contributed by atoms with van der Waals surface area (Å²) in [4.78, 5) is 0. The number of hydrogen-bond donors (Lipinski definition) is 0. The first kappa shape index (κ1) is 10.8. The Bertz CT molecular complexity index is 169. The molecule has 13 heavy (non-hydrogen) atoms. The van der Waals surface area contributed by atoms with E-state index in [-0.39, 0.29) is 0 Å². The van der Waals surface area contributed by atoms with E-state index in [1.807, 2.05) is 0 Å². The lowest BCUT2D eigenvalue weighted by molar-refractivity contribution is 0.141. The van der Waals surface area contributed by atoms with Crippen molar-refractivity contribution in [1.82, 2.24) is 0 Å². The number of rotatable bonds is 4. The van der Waals surface area contributed by atoms with Crippen LogP contribution in [0.25, 0.3) is 0 Å². The van der Waals surface area contributed by atoms with Gasteiger partial charge in [-0.25, -0.2) is 0 Å². The summed E-state index contributed by atoms with van der Waals surface area (Å²) in [5.41, 5.74) is 0.614. The van der Waals surface area contributed by atoms with Crippen molar-refractivity contribution in [1.29, 1.82) is 0 Å². The molecule has 0 heterocycles. The summed E-state index contributed by atoms with van der Waals surface area (Å²) in [6, 6.07) is 0. The molecule has 0 aromatic heterocycles. The van der Waals surface area contributed by atoms with E-state index in [0.29, 0.717) is 5.41 Å². The summed E-state index contributed by atoms with van der Waals surface area (Å²) in [7, 11) is 0. The monoisotopic (exact) mass is 180 g/mol. The Morgan fingerprint density at radius 1 is 1.54 bits per heavy atom. The van der Waals surface area contributed by atoms with E-state index >= 15 is 0 Å². The highest BCUT2D eigenvalue weighted by Crippen LogP contribution is 2.50. The minimum absolute atomic E-state index is 0.614. The molecule has 0 radical (unpaired) electrons. The van der Waals surface area contributed by atoms with Gasteiger partial charge in [0.2, 0.25) is 0 Å². The van der Waals surface area contributed by atoms with Crippen molar-refractivity contribution >= 4 is 0 Å². The number of allylic oxidation sites excluding steroid dienone is 1. The SMILES string of the molecule is C=CCCC1CCCC1(C)C(C)C. The van der Waals surface area contributed by atoms with E-state index in [1.54, 1.807) is 0 Å². The van der Waals surface area contributed by atoms with Crippen LogP contribution in [0.3, 0.4) is 0 Å². The molecule has 0 bridgehead atoms. The van der Waals surface area contributed by atoms with E-state index in [4.69, 9.17) is 0 Å². The summed E-state index contributed by atoms with van der Waals surface area (Å²) in [6.45, 7) is 11.1. The van der Waals surface area contributed by atoms with Crippen LogP contribution in [-0.4, -0.2) is 0 Å². The molecule has 0 aromatic carbocycles. The molecule has 0 aromatic rings. The van der Waals surface area contributed by atoms with Crippen LogP contribution in [0.15, 0.2) is 12.7 Å². The molecule has 2 atom stereocenters. The van der Waals surface area contributed by atoms with Crippen molar-refractivity contribution in [2.75, 3.05) is 0 Å². The normalized spacial score (nSPS) is 34.0. The minimum Gasteiger partial charge on any atom is -0.103 e. The van der Waals surface area contributed by atoms with E-state index in [9.17, 15) is 0 Å². The third-order valence-corrected chi connectivity index (χ3v) is 4.24. The van der Waals surface area contributed by atoms with Gasteiger partial charge in [-0.15, -0.1) is 6.58 Å². The summed E-state index contributed by atoms with van der Waals surface area (Å²) >= 11 is 0. The topological polar surface area (TPSA) is 0 Å². The van der Waals surface area contributed by atoms with E-state index in [0.717, 1.165) is 11.8 Å². The molecule has 2 unspecified atom stereocenters. The molecule has 0 nitrogen and oxygen atoms in total. The molecule has 1 fully saturated rings. The third-order valence-electron chi connectivity index (χ3n) is 4.24. The largest absolute Gasteiger partial charge is 0.103 e. The van der Waals surface area contributed by atoms with Crippen molar-refractivity contribution in [2.24, 2.45) is 17.3 Å². The van der Waals surface area contributed by atoms with Gasteiger partial charge in [0.05, 0.1) is 0 Å². The van der Waals surface area contributed by atoms with Crippen LogP contribution >= 0.6 is 0 Å². The van der Waals surface area contributed by atoms with Crippen LogP contribution in [0.1, 0.15) is 52.9 Å². The Balaban J connectivity index is 2.56. The lowest BCUT2D eigenvalue weighted by atomic mass is 9.70. The second-order valence-electron chi connectivity index (χ2n) is 5.12. The fourth-order valence-corrected chi connectivity index (χ4v) is 2.82. The zero-order chi connectivity index (χ0) is 9.90. The van der Waals surface area contributed by atoms with Crippen LogP contribution in [0.5, 0.6) is 0 Å². The molecular formula is C13H24. The van der Waals surface area contributed by atoms with Crippen molar-refractivity contribution in [3.8, 4) is 0 Å². The molecule has 1 aliphatic carbocycles. The van der Waals surface area contributed by atoms with E-state index in [1.165, 1.54) is 32.1 Å². The predicted molar refractivity (Wildman–Crippen MR) is 59.7 cm³/mol. The highest BCUT2D eigenvalue weighted by atomic mass is 14.4. The van der Waals surface area contributed by atoms with Crippen molar-refractivity contribution in [3.63, 3.8) is 0 Å². The Morgan fingerprint density at radius 2 is 2.23 bits per heavy atom. The fourth-order valence-electron chi connectivity index (χ4n) is 2.82. The molecule has 0 heteroatoms. The first-order chi connectivity index (χ1) is 6.11. The smallest absolute Gasteiger partial charge is 0.0274 e. The van der Waals surface area contributed by atoms with Crippen LogP contribution in [0, 0.1) is 17.3 Å². The van der Waals surface area contributed by atoms with Crippen molar-refractivity contribution in [3.05, 3.63) is 12.7 Å². The van der Waals surface area contributed by atoms with Gasteiger partial charge < -0.3 is 0 Å². The van der Waals surface area contributed by atoms with Gasteiger partial charge >= 0.3 is 0 Å². The van der Waals surface area contributed by atoms with Crippen LogP contribution < -0.4 is 0 Å². The summed E-state index contributed by atoms with van der Waals surface area (Å²) in [5.74, 6) is 1.79. The van der Waals surface area contributed by atoms with E-state index in [2.05, 4.69) is 33.4 Å². The maximum Gasteiger partial charge on any atom is -0.0274 e. The molecule has 0 spiro atoms. The average molecular weight is 180 g/mol. The quantitative estimate of drug-likeness (QED) is 0.562. The van der Waals surface area contributed by atoms with E-state index < -0.39 is 0 Å². The maximum atomic E-state index is 3.81. The fraction of sp³-hybridized carbons (Fsp3) is 0.846. The second kappa shape index (κ2) is 4.30. The molecule has 1 aliphatic rings. The molecule has 1 rings (SSSR count). The molecule has 76 valence electrons. The zero-order valence-electron chi connectivity index (χ0n) is 9.47. The molecule has 0 aliphatic heterocycles. The first-order valence-electron chi connectivity index (χ1n) is 5.72. The van der Waals surface area contributed by atoms with Gasteiger partial charge in [0.15, 0.2) is 0 Å². The van der Waals surface area contributed by atoms with Crippen LogP contribution in [0.4, 0.5) is 0 Å². The summed E-state index contributed by atoms with van der Waals surface area (Å²) in [6.07, 6.45) is 8.95. The Labute approximate surface area is 83.4 Å². The highest BCUT2D eigenvalue weighted by Gasteiger charge is 2.40. The van der Waals surface area contributed by atoms with Gasteiger partial charge in [-0.1, -0.05) is 33.3 Å². The summed E-state index contributed by atoms with van der Waals surface area (Å²) < 4.78 is 0. The van der Waals surface area contributed by atoms with Gasteiger partial charge in [0, 0.05) is 0 Å². The van der Waals surface area contributed by atoms with Crippen LogP contribution in [-0.2, 0) is 0 Å². The average Bonchev–Trinajstić information content (AvgIpc) is 2.45. The lowest BCUT2D eigenvalue weighted by Gasteiger charge is -2.35. The van der Waals surface area contributed by atoms with Gasteiger partial charge in [0.1, 0.15) is 0 Å². The lowest BCUT2D eigenvalue weighted by Crippen LogP contribution is -2.27. The van der Waals surface area contributed by atoms with Gasteiger partial charge in [0.25, 0.3) is 0 Å². The summed E-state index contributed by atoms with van der Waals surface area (Å²) in [5, 5.41) is 0. The first-order valence-corrected chi connectivity index (χ1v) is 5.72. The number of hydrogen-bond acceptors (Lipinski definition) is 0. The Hall–Kier alpha value is -0.260.